The molecule has 7 heteroatoms. The summed E-state index contributed by atoms with van der Waals surface area (Å²) >= 11 is 0. The summed E-state index contributed by atoms with van der Waals surface area (Å²) in [4.78, 5) is 26.5. The Morgan fingerprint density at radius 3 is 2.40 bits per heavy atom. The van der Waals surface area contributed by atoms with Gasteiger partial charge in [0.15, 0.2) is 0 Å². The van der Waals surface area contributed by atoms with E-state index in [4.69, 9.17) is 0 Å². The number of urea groups is 1. The number of likely N-dealkylation sites (tertiary alicyclic amines) is 1. The van der Waals surface area contributed by atoms with Crippen LogP contribution in [-0.4, -0.2) is 43.0 Å². The van der Waals surface area contributed by atoms with E-state index in [0.717, 1.165) is 25.2 Å². The van der Waals surface area contributed by atoms with Gasteiger partial charge in [0.05, 0.1) is 0 Å². The molecule has 1 fully saturated rings. The van der Waals surface area contributed by atoms with Gasteiger partial charge in [0.1, 0.15) is 5.82 Å². The van der Waals surface area contributed by atoms with E-state index in [1.807, 2.05) is 18.2 Å². The lowest BCUT2D eigenvalue weighted by Crippen LogP contribution is -2.40. The lowest BCUT2D eigenvalue weighted by atomic mass is 10.1. The van der Waals surface area contributed by atoms with Crippen LogP contribution in [0, 0.1) is 12.7 Å². The summed E-state index contributed by atoms with van der Waals surface area (Å²) in [6.45, 7) is 5.79. The van der Waals surface area contributed by atoms with Crippen LogP contribution < -0.4 is 16.0 Å². The zero-order chi connectivity index (χ0) is 21.3. The van der Waals surface area contributed by atoms with Gasteiger partial charge in [-0.2, -0.15) is 0 Å². The maximum atomic E-state index is 13.6. The van der Waals surface area contributed by atoms with Crippen LogP contribution in [-0.2, 0) is 13.1 Å². The predicted octanol–water partition coefficient (Wildman–Crippen LogP) is 2.96. The summed E-state index contributed by atoms with van der Waals surface area (Å²) in [5.41, 5.74) is 3.09. The van der Waals surface area contributed by atoms with E-state index in [2.05, 4.69) is 26.9 Å². The number of hydrogen-bond donors (Lipinski definition) is 3. The van der Waals surface area contributed by atoms with Gasteiger partial charge >= 0.3 is 6.03 Å². The molecular formula is C23H29FN4O2. The fraction of sp³-hybridized carbons (Fsp3) is 0.391. The second-order valence-electron chi connectivity index (χ2n) is 7.58. The van der Waals surface area contributed by atoms with Crippen molar-refractivity contribution in [2.75, 3.05) is 26.2 Å². The average molecular weight is 413 g/mol. The lowest BCUT2D eigenvalue weighted by Gasteiger charge is -2.18. The van der Waals surface area contributed by atoms with Crippen molar-refractivity contribution in [3.05, 3.63) is 70.5 Å². The molecule has 30 heavy (non-hydrogen) atoms. The smallest absolute Gasteiger partial charge is 0.315 e. The van der Waals surface area contributed by atoms with Gasteiger partial charge in [0.25, 0.3) is 5.91 Å². The van der Waals surface area contributed by atoms with Crippen molar-refractivity contribution in [1.29, 1.82) is 0 Å². The van der Waals surface area contributed by atoms with E-state index in [-0.39, 0.29) is 30.6 Å². The van der Waals surface area contributed by atoms with E-state index in [1.165, 1.54) is 24.5 Å². The quantitative estimate of drug-likeness (QED) is 0.584. The number of hydrogen-bond acceptors (Lipinski definition) is 3. The lowest BCUT2D eigenvalue weighted by molar-refractivity contribution is 0.0953. The number of nitrogens with one attached hydrogen (secondary N) is 3. The molecule has 0 saturated carbocycles. The molecule has 160 valence electrons. The number of carbonyl (C=O) groups excluding carboxylic acids is 2. The van der Waals surface area contributed by atoms with Crippen LogP contribution in [0.1, 0.15) is 39.9 Å². The third-order valence-corrected chi connectivity index (χ3v) is 5.28. The third kappa shape index (κ3) is 6.29. The normalized spacial score (nSPS) is 13.8. The van der Waals surface area contributed by atoms with Gasteiger partial charge in [-0.1, -0.05) is 30.3 Å². The Kier molecular flexibility index (Phi) is 7.79. The van der Waals surface area contributed by atoms with Crippen molar-refractivity contribution in [1.82, 2.24) is 20.9 Å². The number of benzene rings is 2. The van der Waals surface area contributed by atoms with Gasteiger partial charge in [-0.25, -0.2) is 9.18 Å². The minimum absolute atomic E-state index is 0.257. The van der Waals surface area contributed by atoms with Gasteiger partial charge in [-0.05, 0) is 61.7 Å². The zero-order valence-corrected chi connectivity index (χ0v) is 17.3. The van der Waals surface area contributed by atoms with Crippen molar-refractivity contribution in [3.8, 4) is 0 Å². The van der Waals surface area contributed by atoms with E-state index in [0.29, 0.717) is 12.1 Å². The Bertz CT molecular complexity index is 881. The van der Waals surface area contributed by atoms with Crippen molar-refractivity contribution >= 4 is 11.9 Å². The Morgan fingerprint density at radius 2 is 1.67 bits per heavy atom. The van der Waals surface area contributed by atoms with Gasteiger partial charge in [-0.15, -0.1) is 0 Å². The topological polar surface area (TPSA) is 73.5 Å². The molecule has 3 amide bonds. The fourth-order valence-corrected chi connectivity index (χ4v) is 3.49. The van der Waals surface area contributed by atoms with Gasteiger partial charge < -0.3 is 16.0 Å². The maximum absolute atomic E-state index is 13.6. The third-order valence-electron chi connectivity index (χ3n) is 5.28. The SMILES string of the molecule is Cc1ccc(C(=O)NCCNC(=O)NCc2ccccc2CN2CCCC2)cc1F. The number of amides is 3. The van der Waals surface area contributed by atoms with Crippen molar-refractivity contribution < 1.29 is 14.0 Å². The highest BCUT2D eigenvalue weighted by Crippen LogP contribution is 2.16. The first-order valence-electron chi connectivity index (χ1n) is 10.4. The molecule has 1 saturated heterocycles. The molecule has 0 aliphatic carbocycles. The Balaban J connectivity index is 1.38. The zero-order valence-electron chi connectivity index (χ0n) is 17.3. The van der Waals surface area contributed by atoms with Crippen molar-refractivity contribution in [2.24, 2.45) is 0 Å². The average Bonchev–Trinajstić information content (AvgIpc) is 3.25. The molecule has 1 aliphatic rings. The molecule has 0 atom stereocenters. The molecule has 2 aromatic rings. The number of halogens is 1. The number of carbonyl (C=O) groups is 2. The summed E-state index contributed by atoms with van der Waals surface area (Å²) in [5.74, 6) is -0.780. The predicted molar refractivity (Wildman–Crippen MR) is 115 cm³/mol. The molecule has 0 radical (unpaired) electrons. The highest BCUT2D eigenvalue weighted by Gasteiger charge is 2.14. The van der Waals surface area contributed by atoms with Crippen LogP contribution in [0.4, 0.5) is 9.18 Å². The molecule has 3 N–H and O–H groups in total. The van der Waals surface area contributed by atoms with E-state index >= 15 is 0 Å². The molecule has 6 nitrogen and oxygen atoms in total. The molecule has 0 aromatic heterocycles. The molecule has 2 aromatic carbocycles. The number of aryl methyl sites for hydroxylation is 1. The van der Waals surface area contributed by atoms with Crippen LogP contribution in [0.15, 0.2) is 42.5 Å². The van der Waals surface area contributed by atoms with Crippen LogP contribution in [0.2, 0.25) is 0 Å². The summed E-state index contributed by atoms with van der Waals surface area (Å²) in [6, 6.07) is 12.2. The summed E-state index contributed by atoms with van der Waals surface area (Å²) < 4.78 is 13.6. The number of rotatable bonds is 8. The molecular weight excluding hydrogens is 383 g/mol. The Morgan fingerprint density at radius 1 is 0.967 bits per heavy atom. The standard InChI is InChI=1S/C23H29FN4O2/c1-17-8-9-18(14-21(17)24)22(29)25-10-11-26-23(30)27-15-19-6-2-3-7-20(19)16-28-12-4-5-13-28/h2-3,6-9,14H,4-5,10-13,15-16H2,1H3,(H,25,29)(H2,26,27,30). The molecule has 3 rings (SSSR count). The minimum atomic E-state index is -0.412. The van der Waals surface area contributed by atoms with Crippen LogP contribution >= 0.6 is 0 Å². The molecule has 0 spiro atoms. The molecule has 1 aliphatic heterocycles. The molecule has 1 heterocycles. The summed E-state index contributed by atoms with van der Waals surface area (Å²) in [5, 5.41) is 8.26. The maximum Gasteiger partial charge on any atom is 0.315 e. The Labute approximate surface area is 176 Å². The highest BCUT2D eigenvalue weighted by molar-refractivity contribution is 5.94. The van der Waals surface area contributed by atoms with E-state index in [1.54, 1.807) is 19.1 Å². The first kappa shape index (κ1) is 21.8. The minimum Gasteiger partial charge on any atom is -0.350 e. The van der Waals surface area contributed by atoms with Gasteiger partial charge in [0, 0.05) is 31.7 Å². The molecule has 0 unspecified atom stereocenters. The Hall–Kier alpha value is -2.93. The van der Waals surface area contributed by atoms with Crippen molar-refractivity contribution in [2.45, 2.75) is 32.9 Å². The van der Waals surface area contributed by atoms with E-state index in [9.17, 15) is 14.0 Å². The second kappa shape index (κ2) is 10.7. The summed E-state index contributed by atoms with van der Waals surface area (Å²) in [6.07, 6.45) is 2.50. The van der Waals surface area contributed by atoms with Crippen molar-refractivity contribution in [3.63, 3.8) is 0 Å². The first-order chi connectivity index (χ1) is 14.5. The second-order valence-corrected chi connectivity index (χ2v) is 7.58. The first-order valence-corrected chi connectivity index (χ1v) is 10.4. The van der Waals surface area contributed by atoms with Crippen LogP contribution in [0.25, 0.3) is 0 Å². The van der Waals surface area contributed by atoms with Crippen LogP contribution in [0.3, 0.4) is 0 Å². The van der Waals surface area contributed by atoms with Gasteiger partial charge in [0.2, 0.25) is 0 Å². The molecule has 0 bridgehead atoms. The largest absolute Gasteiger partial charge is 0.350 e. The monoisotopic (exact) mass is 412 g/mol. The number of nitrogens with zero attached hydrogens (tertiary/aromatic N) is 1. The summed E-state index contributed by atoms with van der Waals surface area (Å²) in [7, 11) is 0. The van der Waals surface area contributed by atoms with Crippen LogP contribution in [0.5, 0.6) is 0 Å². The van der Waals surface area contributed by atoms with Gasteiger partial charge in [-0.3, -0.25) is 9.69 Å². The highest BCUT2D eigenvalue weighted by atomic mass is 19.1. The van der Waals surface area contributed by atoms with E-state index < -0.39 is 5.82 Å². The fourth-order valence-electron chi connectivity index (χ4n) is 3.49.